The first kappa shape index (κ1) is 28.5. The largest absolute Gasteiger partial charge is 0.222 e. The van der Waals surface area contributed by atoms with Crippen LogP contribution in [-0.4, -0.2) is 25.1 Å². The summed E-state index contributed by atoms with van der Waals surface area (Å²) in [5.74, 6) is 2.83. The summed E-state index contributed by atoms with van der Waals surface area (Å²) in [4.78, 5) is 0. The second kappa shape index (κ2) is 14.6. The molecule has 4 rings (SSSR count). The van der Waals surface area contributed by atoms with Gasteiger partial charge in [-0.15, -0.1) is 10.2 Å². The van der Waals surface area contributed by atoms with E-state index in [1.54, 1.807) is 0 Å². The zero-order valence-electron chi connectivity index (χ0n) is 16.9. The monoisotopic (exact) mass is 704 g/mol. The molecule has 1 aliphatic heterocycles. The number of rotatable bonds is 3. The van der Waals surface area contributed by atoms with Crippen molar-refractivity contribution in [2.75, 3.05) is 11.5 Å². The summed E-state index contributed by atoms with van der Waals surface area (Å²) in [6, 6.07) is 32.2. The molecule has 0 atom stereocenters. The summed E-state index contributed by atoms with van der Waals surface area (Å²) < 4.78 is 38.1. The second-order valence-corrected chi connectivity index (χ2v) is 15.1. The molecule has 1 heterocycles. The maximum absolute atomic E-state index is 8.49. The molecule has 0 unspecified atom stereocenters. The van der Waals surface area contributed by atoms with Crippen LogP contribution in [0.2, 0.25) is 0 Å². The summed E-state index contributed by atoms with van der Waals surface area (Å²) in [6.07, 6.45) is 2.93. The van der Waals surface area contributed by atoms with Crippen LogP contribution in [0.15, 0.2) is 91.0 Å². The molecule has 170 valence electrons. The van der Waals surface area contributed by atoms with Crippen LogP contribution in [0.25, 0.3) is 0 Å². The molecule has 1 fully saturated rings. The summed E-state index contributed by atoms with van der Waals surface area (Å²) in [7, 11) is -4.94. The predicted octanol–water partition coefficient (Wildman–Crippen LogP) is -0.715. The molecular weight excluding hydrogens is 680 g/mol. The Hall–Kier alpha value is -0.561. The quantitative estimate of drug-likeness (QED) is 0.266. The van der Waals surface area contributed by atoms with Gasteiger partial charge in [0, 0.05) is 0 Å². The zero-order valence-corrected chi connectivity index (χ0v) is 22.5. The molecule has 4 nitrogen and oxygen atoms in total. The Bertz CT molecular complexity index is 737. The van der Waals surface area contributed by atoms with E-state index >= 15 is 0 Å². The fourth-order valence-corrected chi connectivity index (χ4v) is 10.2. The molecule has 0 aliphatic carbocycles. The van der Waals surface area contributed by atoms with Gasteiger partial charge in [-0.3, -0.25) is 0 Å². The molecule has 3 aromatic carbocycles. The SMILES string of the molecule is C1CCSC1.[Au+].[CH2-][As+](c1ccccc1)(c1ccccc1)c1ccccc1.[O-][Cl+3]([O-])([O-])[O-]. The molecule has 0 N–H and O–H groups in total. The van der Waals surface area contributed by atoms with E-state index in [0.29, 0.717) is 0 Å². The minimum absolute atomic E-state index is 0. The molecule has 0 radical (unpaired) electrons. The third-order valence-electron chi connectivity index (χ3n) is 4.42. The fraction of sp³-hybridized carbons (Fsp3) is 0.174. The van der Waals surface area contributed by atoms with Gasteiger partial charge in [0.1, 0.15) is 0 Å². The van der Waals surface area contributed by atoms with Gasteiger partial charge in [0.25, 0.3) is 0 Å². The van der Waals surface area contributed by atoms with Gasteiger partial charge in [0.15, 0.2) is 0 Å². The van der Waals surface area contributed by atoms with Gasteiger partial charge in [-0.1, -0.05) is 0 Å². The predicted molar refractivity (Wildman–Crippen MR) is 116 cm³/mol. The number of halogens is 1. The van der Waals surface area contributed by atoms with Crippen LogP contribution in [-0.2, 0) is 22.4 Å². The van der Waals surface area contributed by atoms with Gasteiger partial charge in [-0.2, -0.15) is 11.8 Å². The maximum atomic E-state index is 8.49. The smallest absolute Gasteiger partial charge is 0.112 e. The Morgan fingerprint density at radius 1 is 0.613 bits per heavy atom. The van der Waals surface area contributed by atoms with E-state index in [0.717, 1.165) is 0 Å². The van der Waals surface area contributed by atoms with Gasteiger partial charge < -0.3 is 0 Å². The average molecular weight is 705 g/mol. The molecule has 3 aromatic rings. The topological polar surface area (TPSA) is 92.2 Å². The summed E-state index contributed by atoms with van der Waals surface area (Å²) in [5.41, 5.74) is 4.75. The van der Waals surface area contributed by atoms with E-state index in [9.17, 15) is 0 Å². The van der Waals surface area contributed by atoms with Gasteiger partial charge in [0.2, 0.25) is 0 Å². The Morgan fingerprint density at radius 3 is 1.06 bits per heavy atom. The number of hydrogen-bond donors (Lipinski definition) is 0. The number of benzene rings is 3. The first-order chi connectivity index (χ1) is 14.3. The van der Waals surface area contributed by atoms with Crippen LogP contribution in [0.5, 0.6) is 0 Å². The van der Waals surface area contributed by atoms with Crippen molar-refractivity contribution in [1.82, 2.24) is 0 Å². The van der Waals surface area contributed by atoms with Crippen molar-refractivity contribution in [3.63, 3.8) is 0 Å². The van der Waals surface area contributed by atoms with Crippen molar-refractivity contribution in [3.8, 4) is 0 Å². The van der Waals surface area contributed by atoms with Crippen LogP contribution in [0, 0.1) is 16.0 Å². The summed E-state index contributed by atoms with van der Waals surface area (Å²) in [5, 5.41) is 0. The summed E-state index contributed by atoms with van der Waals surface area (Å²) in [6.45, 7) is 0. The minimum atomic E-state index is -4.94. The van der Waals surface area contributed by atoms with E-state index in [1.165, 1.54) is 37.4 Å². The average Bonchev–Trinajstić information content (AvgIpc) is 3.34. The second-order valence-electron chi connectivity index (χ2n) is 6.51. The molecule has 8 heteroatoms. The van der Waals surface area contributed by atoms with Crippen molar-refractivity contribution in [2.24, 2.45) is 0 Å². The van der Waals surface area contributed by atoms with E-state index in [2.05, 4.69) is 103 Å². The van der Waals surface area contributed by atoms with E-state index in [1.807, 2.05) is 0 Å². The molecule has 0 amide bonds. The van der Waals surface area contributed by atoms with Crippen molar-refractivity contribution >= 4 is 38.4 Å². The van der Waals surface area contributed by atoms with Crippen molar-refractivity contribution in [1.29, 1.82) is 0 Å². The Labute approximate surface area is 209 Å². The molecular formula is C23H25AsAuClO4S. The first-order valence-corrected chi connectivity index (χ1v) is 15.9. The molecule has 0 bridgehead atoms. The van der Waals surface area contributed by atoms with Crippen LogP contribution >= 0.6 is 11.8 Å². The Kier molecular flexibility index (Phi) is 13.4. The Balaban J connectivity index is 0.000000364. The van der Waals surface area contributed by atoms with Gasteiger partial charge in [-0.05, 0) is 24.3 Å². The van der Waals surface area contributed by atoms with E-state index in [-0.39, 0.29) is 22.4 Å². The van der Waals surface area contributed by atoms with E-state index < -0.39 is 23.8 Å². The van der Waals surface area contributed by atoms with Crippen molar-refractivity contribution < 1.29 is 51.3 Å². The van der Waals surface area contributed by atoms with Crippen LogP contribution in [0.4, 0.5) is 0 Å². The van der Waals surface area contributed by atoms with Gasteiger partial charge in [0.05, 0.1) is 0 Å². The maximum Gasteiger partial charge on any atom is -0.112 e. The normalized spacial score (nSPS) is 13.1. The van der Waals surface area contributed by atoms with Crippen molar-refractivity contribution in [2.45, 2.75) is 12.8 Å². The van der Waals surface area contributed by atoms with E-state index in [4.69, 9.17) is 24.3 Å². The summed E-state index contributed by atoms with van der Waals surface area (Å²) >= 11 is -0.471. The molecule has 0 saturated carbocycles. The molecule has 0 spiro atoms. The molecule has 1 saturated heterocycles. The fourth-order valence-electron chi connectivity index (χ4n) is 3.00. The standard InChI is InChI=1S/C19H17As.C4H8S.Au.ClHO4/c1-20(17-11-5-2-6-12-17,18-13-7-3-8-14-18)19-15-9-4-10-16-19;1-2-4-5-3-1;;2-1(3,4)5/h2-16H,1H2;1-4H2;;(H,2,3,4,5)/q;;+1;/p-1. The number of hydrogen-bond acceptors (Lipinski definition) is 5. The third kappa shape index (κ3) is 10.3. The molecule has 1 aliphatic rings. The zero-order chi connectivity index (χ0) is 21.9. The van der Waals surface area contributed by atoms with Crippen LogP contribution in [0.1, 0.15) is 12.8 Å². The van der Waals surface area contributed by atoms with Gasteiger partial charge >= 0.3 is 146 Å². The van der Waals surface area contributed by atoms with Crippen LogP contribution < -0.4 is 31.7 Å². The molecule has 31 heavy (non-hydrogen) atoms. The van der Waals surface area contributed by atoms with Crippen molar-refractivity contribution in [3.05, 3.63) is 96.7 Å². The minimum Gasteiger partial charge on any atom is -0.222 e. The Morgan fingerprint density at radius 2 is 0.871 bits per heavy atom. The number of thioether (sulfide) groups is 1. The van der Waals surface area contributed by atoms with Crippen LogP contribution in [0.3, 0.4) is 0 Å². The third-order valence-corrected chi connectivity index (χ3v) is 13.0. The van der Waals surface area contributed by atoms with Gasteiger partial charge in [-0.25, -0.2) is 18.6 Å². The first-order valence-electron chi connectivity index (χ1n) is 9.41. The molecule has 0 aromatic heterocycles.